The highest BCUT2D eigenvalue weighted by Crippen LogP contribution is 2.38. The SMILES string of the molecule is CN1CCN(c2nc3c(c(N4CCCC4)n2)SCCC3)CC1.O=C(O)C=CC(=O)O. The molecule has 2 N–H and O–H groups in total. The lowest BCUT2D eigenvalue weighted by atomic mass is 10.2. The van der Waals surface area contributed by atoms with Crippen molar-refractivity contribution in [2.24, 2.45) is 0 Å². The Balaban J connectivity index is 0.000000275. The van der Waals surface area contributed by atoms with E-state index in [0.29, 0.717) is 12.2 Å². The van der Waals surface area contributed by atoms with Crippen molar-refractivity contribution >= 4 is 35.5 Å². The van der Waals surface area contributed by atoms with Gasteiger partial charge in [-0.15, -0.1) is 11.8 Å². The summed E-state index contributed by atoms with van der Waals surface area (Å²) in [6, 6.07) is 0. The fourth-order valence-electron chi connectivity index (χ4n) is 3.64. The zero-order valence-corrected chi connectivity index (χ0v) is 18.1. The van der Waals surface area contributed by atoms with Crippen molar-refractivity contribution in [2.45, 2.75) is 30.6 Å². The van der Waals surface area contributed by atoms with E-state index in [1.165, 1.54) is 41.4 Å². The number of carboxylic acids is 2. The minimum absolute atomic E-state index is 0.558. The molecule has 3 aliphatic heterocycles. The van der Waals surface area contributed by atoms with Crippen LogP contribution < -0.4 is 9.80 Å². The van der Waals surface area contributed by atoms with E-state index in [4.69, 9.17) is 20.2 Å². The second-order valence-corrected chi connectivity index (χ2v) is 8.67. The molecule has 4 heterocycles. The van der Waals surface area contributed by atoms with Gasteiger partial charge >= 0.3 is 11.9 Å². The Morgan fingerprint density at radius 2 is 1.53 bits per heavy atom. The Bertz CT molecular complexity index is 774. The number of fused-ring (bicyclic) bond motifs is 1. The molecular weight excluding hydrogens is 406 g/mol. The van der Waals surface area contributed by atoms with Crippen LogP contribution in [0.2, 0.25) is 0 Å². The maximum absolute atomic E-state index is 9.55. The molecule has 0 aliphatic carbocycles. The molecule has 9 nitrogen and oxygen atoms in total. The van der Waals surface area contributed by atoms with Gasteiger partial charge < -0.3 is 24.9 Å². The zero-order chi connectivity index (χ0) is 21.5. The first-order valence-corrected chi connectivity index (χ1v) is 11.3. The highest BCUT2D eigenvalue weighted by molar-refractivity contribution is 7.99. The molecule has 3 aliphatic rings. The smallest absolute Gasteiger partial charge is 0.328 e. The predicted molar refractivity (Wildman–Crippen MR) is 117 cm³/mol. The highest BCUT2D eigenvalue weighted by atomic mass is 32.2. The van der Waals surface area contributed by atoms with E-state index < -0.39 is 11.9 Å². The normalized spacial score (nSPS) is 19.4. The van der Waals surface area contributed by atoms with Crippen LogP contribution in [0.3, 0.4) is 0 Å². The molecule has 4 rings (SSSR count). The Kier molecular flexibility index (Phi) is 7.92. The molecule has 0 radical (unpaired) electrons. The highest BCUT2D eigenvalue weighted by Gasteiger charge is 2.26. The average molecular weight is 436 g/mol. The van der Waals surface area contributed by atoms with E-state index in [1.807, 2.05) is 11.8 Å². The minimum Gasteiger partial charge on any atom is -0.478 e. The summed E-state index contributed by atoms with van der Waals surface area (Å²) in [5.41, 5.74) is 1.29. The van der Waals surface area contributed by atoms with E-state index in [2.05, 4.69) is 21.7 Å². The summed E-state index contributed by atoms with van der Waals surface area (Å²) in [5.74, 6) is 0.891. The van der Waals surface area contributed by atoms with Gasteiger partial charge in [0.15, 0.2) is 0 Å². The molecular formula is C20H29N5O4S. The van der Waals surface area contributed by atoms with Crippen molar-refractivity contribution in [2.75, 3.05) is 61.9 Å². The lowest BCUT2D eigenvalue weighted by Gasteiger charge is -2.34. The molecule has 1 aromatic rings. The fourth-order valence-corrected chi connectivity index (χ4v) is 4.75. The van der Waals surface area contributed by atoms with Gasteiger partial charge in [0.05, 0.1) is 10.6 Å². The number of anilines is 2. The number of hydrogen-bond donors (Lipinski definition) is 2. The van der Waals surface area contributed by atoms with Crippen molar-refractivity contribution in [3.63, 3.8) is 0 Å². The molecule has 0 spiro atoms. The van der Waals surface area contributed by atoms with E-state index in [9.17, 15) is 9.59 Å². The molecule has 10 heteroatoms. The van der Waals surface area contributed by atoms with E-state index in [1.54, 1.807) is 0 Å². The lowest BCUT2D eigenvalue weighted by molar-refractivity contribution is -0.134. The topological polar surface area (TPSA) is 110 Å². The second kappa shape index (κ2) is 10.6. The van der Waals surface area contributed by atoms with E-state index in [0.717, 1.165) is 51.6 Å². The first kappa shape index (κ1) is 22.4. The van der Waals surface area contributed by atoms with Crippen LogP contribution in [0.5, 0.6) is 0 Å². The molecule has 0 bridgehead atoms. The van der Waals surface area contributed by atoms with Crippen molar-refractivity contribution in [3.8, 4) is 0 Å². The third-order valence-electron chi connectivity index (χ3n) is 5.27. The Morgan fingerprint density at radius 3 is 2.13 bits per heavy atom. The van der Waals surface area contributed by atoms with Crippen LogP contribution in [0.25, 0.3) is 0 Å². The largest absolute Gasteiger partial charge is 0.478 e. The number of carboxylic acid groups (broad SMARTS) is 2. The summed E-state index contributed by atoms with van der Waals surface area (Å²) in [7, 11) is 2.19. The second-order valence-electron chi connectivity index (χ2n) is 7.57. The first-order chi connectivity index (χ1) is 14.4. The predicted octanol–water partition coefficient (Wildman–Crippen LogP) is 1.58. The van der Waals surface area contributed by atoms with Gasteiger partial charge in [-0.25, -0.2) is 14.6 Å². The number of aliphatic carboxylic acids is 2. The van der Waals surface area contributed by atoms with Crippen molar-refractivity contribution < 1.29 is 19.8 Å². The molecule has 30 heavy (non-hydrogen) atoms. The van der Waals surface area contributed by atoms with Gasteiger partial charge in [-0.2, -0.15) is 4.98 Å². The number of aryl methyl sites for hydroxylation is 1. The number of carbonyl (C=O) groups is 2. The van der Waals surface area contributed by atoms with E-state index >= 15 is 0 Å². The average Bonchev–Trinajstić information content (AvgIpc) is 3.27. The molecule has 0 unspecified atom stereocenters. The summed E-state index contributed by atoms with van der Waals surface area (Å²) in [6.07, 6.45) is 6.08. The standard InChI is InChI=1S/C16H25N5S.C4H4O4/c1-19-8-10-21(11-9-19)16-17-13-5-4-12-22-14(13)15(18-16)20-6-2-3-7-20;5-3(6)1-2-4(7)8/h2-12H2,1H3;1-2H,(H,5,6)(H,7,8). The third kappa shape index (κ3) is 6.09. The minimum atomic E-state index is -1.26. The van der Waals surface area contributed by atoms with Crippen molar-refractivity contribution in [1.82, 2.24) is 14.9 Å². The maximum Gasteiger partial charge on any atom is 0.328 e. The summed E-state index contributed by atoms with van der Waals surface area (Å²) in [5, 5.41) is 15.6. The third-order valence-corrected chi connectivity index (χ3v) is 6.47. The lowest BCUT2D eigenvalue weighted by Crippen LogP contribution is -2.45. The van der Waals surface area contributed by atoms with Gasteiger partial charge in [-0.3, -0.25) is 0 Å². The van der Waals surface area contributed by atoms with Gasteiger partial charge in [0.1, 0.15) is 5.82 Å². The summed E-state index contributed by atoms with van der Waals surface area (Å²) in [4.78, 5) is 37.7. The van der Waals surface area contributed by atoms with Crippen LogP contribution in [-0.4, -0.2) is 89.1 Å². The maximum atomic E-state index is 9.55. The van der Waals surface area contributed by atoms with Gasteiger partial charge in [-0.05, 0) is 38.5 Å². The van der Waals surface area contributed by atoms with Crippen LogP contribution in [0, 0.1) is 0 Å². The number of hydrogen-bond acceptors (Lipinski definition) is 8. The monoisotopic (exact) mass is 435 g/mol. The van der Waals surface area contributed by atoms with E-state index in [-0.39, 0.29) is 0 Å². The van der Waals surface area contributed by atoms with Gasteiger partial charge in [0.2, 0.25) is 5.95 Å². The molecule has 2 saturated heterocycles. The van der Waals surface area contributed by atoms with Crippen molar-refractivity contribution in [3.05, 3.63) is 17.8 Å². The van der Waals surface area contributed by atoms with Crippen LogP contribution in [-0.2, 0) is 16.0 Å². The molecule has 1 aromatic heterocycles. The number of nitrogens with zero attached hydrogens (tertiary/aromatic N) is 5. The number of likely N-dealkylation sites (N-methyl/N-ethyl adjacent to an activating group) is 1. The van der Waals surface area contributed by atoms with Crippen LogP contribution in [0.4, 0.5) is 11.8 Å². The molecule has 0 amide bonds. The summed E-state index contributed by atoms with van der Waals surface area (Å²) in [6.45, 7) is 6.62. The number of rotatable bonds is 4. The number of thioether (sulfide) groups is 1. The van der Waals surface area contributed by atoms with Crippen LogP contribution in [0.1, 0.15) is 25.0 Å². The fraction of sp³-hybridized carbons (Fsp3) is 0.600. The van der Waals surface area contributed by atoms with Gasteiger partial charge in [-0.1, -0.05) is 0 Å². The number of aromatic nitrogens is 2. The molecule has 0 aromatic carbocycles. The van der Waals surface area contributed by atoms with Gasteiger partial charge in [0.25, 0.3) is 0 Å². The summed E-state index contributed by atoms with van der Waals surface area (Å²) >= 11 is 1.96. The molecule has 2 fully saturated rings. The number of piperazine rings is 1. The quantitative estimate of drug-likeness (QED) is 0.676. The first-order valence-electron chi connectivity index (χ1n) is 10.3. The summed E-state index contributed by atoms with van der Waals surface area (Å²) < 4.78 is 0. The van der Waals surface area contributed by atoms with Crippen molar-refractivity contribution in [1.29, 1.82) is 0 Å². The molecule has 0 atom stereocenters. The Morgan fingerprint density at radius 1 is 0.900 bits per heavy atom. The molecule has 164 valence electrons. The Labute approximate surface area is 180 Å². The molecule has 0 saturated carbocycles. The Hall–Kier alpha value is -2.33. The van der Waals surface area contributed by atoms with Crippen LogP contribution >= 0.6 is 11.8 Å². The zero-order valence-electron chi connectivity index (χ0n) is 17.3. The van der Waals surface area contributed by atoms with Gasteiger partial charge in [0, 0.05) is 51.4 Å². The van der Waals surface area contributed by atoms with Crippen LogP contribution in [0.15, 0.2) is 17.0 Å².